The summed E-state index contributed by atoms with van der Waals surface area (Å²) < 4.78 is 4.63. The van der Waals surface area contributed by atoms with Gasteiger partial charge in [0.05, 0.1) is 0 Å². The highest BCUT2D eigenvalue weighted by molar-refractivity contribution is 5.83. The van der Waals surface area contributed by atoms with Gasteiger partial charge in [-0.3, -0.25) is 9.59 Å². The number of hydrogen-bond acceptors (Lipinski definition) is 3. The Morgan fingerprint density at radius 1 is 1.55 bits per heavy atom. The molecule has 0 aromatic rings. The Labute approximate surface area is 66.7 Å². The second kappa shape index (κ2) is 4.88. The van der Waals surface area contributed by atoms with E-state index in [-0.39, 0.29) is 11.7 Å². The second-order valence-electron chi connectivity index (χ2n) is 2.72. The van der Waals surface area contributed by atoms with E-state index >= 15 is 0 Å². The maximum atomic E-state index is 11.1. The van der Waals surface area contributed by atoms with Crippen molar-refractivity contribution in [1.82, 2.24) is 0 Å². The van der Waals surface area contributed by atoms with Crippen LogP contribution in [0.15, 0.2) is 0 Å². The van der Waals surface area contributed by atoms with Gasteiger partial charge in [-0.25, -0.2) is 0 Å². The lowest BCUT2D eigenvalue weighted by molar-refractivity contribution is -0.146. The molecule has 11 heavy (non-hydrogen) atoms. The van der Waals surface area contributed by atoms with Crippen LogP contribution in [-0.4, -0.2) is 18.4 Å². The predicted octanol–water partition coefficient (Wildman–Crippen LogP) is 1.16. The van der Waals surface area contributed by atoms with E-state index in [0.717, 1.165) is 0 Å². The molecule has 0 N–H and O–H groups in total. The molecular weight excluding hydrogens is 144 g/mol. The number of hydrogen-bond donors (Lipinski definition) is 0. The third-order valence-electron chi connectivity index (χ3n) is 1.47. The molecule has 0 spiro atoms. The number of Topliss-reactive ketones (excluding diaryl/α,β-unsaturated/α-hetero) is 1. The van der Waals surface area contributed by atoms with Gasteiger partial charge < -0.3 is 4.74 Å². The van der Waals surface area contributed by atoms with E-state index in [1.165, 1.54) is 0 Å². The van der Waals surface area contributed by atoms with Crippen LogP contribution in [0.5, 0.6) is 0 Å². The summed E-state index contributed by atoms with van der Waals surface area (Å²) in [7, 11) is 0. The van der Waals surface area contributed by atoms with Gasteiger partial charge in [-0.2, -0.15) is 0 Å². The number of ketones is 1. The van der Waals surface area contributed by atoms with E-state index in [4.69, 9.17) is 0 Å². The SMILES string of the molecule is CCC(=O)C(OC=O)C(C)C. The van der Waals surface area contributed by atoms with Crippen molar-refractivity contribution >= 4 is 12.3 Å². The average Bonchev–Trinajstić information content (AvgIpc) is 1.98. The fourth-order valence-electron chi connectivity index (χ4n) is 0.866. The molecule has 0 aromatic carbocycles. The summed E-state index contributed by atoms with van der Waals surface area (Å²) in [6.07, 6.45) is -0.144. The molecule has 3 heteroatoms. The maximum absolute atomic E-state index is 11.1. The molecule has 0 fully saturated rings. The van der Waals surface area contributed by atoms with Crippen LogP contribution >= 0.6 is 0 Å². The number of carbonyl (C=O) groups is 2. The molecule has 64 valence electrons. The summed E-state index contributed by atoms with van der Waals surface area (Å²) in [5.74, 6) is 0.0414. The maximum Gasteiger partial charge on any atom is 0.293 e. The lowest BCUT2D eigenvalue weighted by Crippen LogP contribution is -2.28. The van der Waals surface area contributed by atoms with Gasteiger partial charge in [-0.1, -0.05) is 20.8 Å². The van der Waals surface area contributed by atoms with E-state index in [0.29, 0.717) is 12.9 Å². The summed E-state index contributed by atoms with van der Waals surface area (Å²) in [6, 6.07) is 0. The molecule has 0 aromatic heterocycles. The molecule has 0 heterocycles. The number of ether oxygens (including phenoxy) is 1. The molecule has 0 bridgehead atoms. The molecule has 0 aliphatic carbocycles. The van der Waals surface area contributed by atoms with Gasteiger partial charge in [0.2, 0.25) is 0 Å². The van der Waals surface area contributed by atoms with Crippen molar-refractivity contribution in [2.24, 2.45) is 5.92 Å². The molecule has 1 atom stereocenters. The lowest BCUT2D eigenvalue weighted by Gasteiger charge is -2.16. The highest BCUT2D eigenvalue weighted by Crippen LogP contribution is 2.08. The Morgan fingerprint density at radius 2 is 2.09 bits per heavy atom. The highest BCUT2D eigenvalue weighted by Gasteiger charge is 2.21. The molecule has 0 aliphatic rings. The van der Waals surface area contributed by atoms with Crippen LogP contribution < -0.4 is 0 Å². The molecular formula is C8H14O3. The minimum absolute atomic E-state index is 0.0212. The minimum atomic E-state index is -0.558. The minimum Gasteiger partial charge on any atom is -0.456 e. The first-order valence-electron chi connectivity index (χ1n) is 3.75. The van der Waals surface area contributed by atoms with Crippen molar-refractivity contribution in [3.63, 3.8) is 0 Å². The summed E-state index contributed by atoms with van der Waals surface area (Å²) in [5.41, 5.74) is 0. The molecule has 0 saturated heterocycles. The lowest BCUT2D eigenvalue weighted by atomic mass is 10.0. The number of rotatable bonds is 5. The smallest absolute Gasteiger partial charge is 0.293 e. The van der Waals surface area contributed by atoms with Crippen LogP contribution in [0, 0.1) is 5.92 Å². The highest BCUT2D eigenvalue weighted by atomic mass is 16.5. The molecule has 0 saturated carbocycles. The van der Waals surface area contributed by atoms with Gasteiger partial charge in [0.1, 0.15) is 0 Å². The second-order valence-corrected chi connectivity index (χ2v) is 2.72. The van der Waals surface area contributed by atoms with Crippen LogP contribution in [0.3, 0.4) is 0 Å². The molecule has 3 nitrogen and oxygen atoms in total. The van der Waals surface area contributed by atoms with Gasteiger partial charge >= 0.3 is 0 Å². The van der Waals surface area contributed by atoms with E-state index in [1.54, 1.807) is 6.92 Å². The van der Waals surface area contributed by atoms with Gasteiger partial charge in [0.15, 0.2) is 11.9 Å². The fraction of sp³-hybridized carbons (Fsp3) is 0.750. The van der Waals surface area contributed by atoms with Crippen LogP contribution in [0.25, 0.3) is 0 Å². The van der Waals surface area contributed by atoms with Gasteiger partial charge in [-0.15, -0.1) is 0 Å². The molecule has 0 amide bonds. The van der Waals surface area contributed by atoms with Crippen molar-refractivity contribution in [1.29, 1.82) is 0 Å². The Bertz CT molecular complexity index is 140. The largest absolute Gasteiger partial charge is 0.456 e. The van der Waals surface area contributed by atoms with E-state index < -0.39 is 6.10 Å². The topological polar surface area (TPSA) is 43.4 Å². The monoisotopic (exact) mass is 158 g/mol. The molecule has 0 aliphatic heterocycles. The Kier molecular flexibility index (Phi) is 4.50. The summed E-state index contributed by atoms with van der Waals surface area (Å²) in [5, 5.41) is 0. The quantitative estimate of drug-likeness (QED) is 0.564. The van der Waals surface area contributed by atoms with E-state index in [9.17, 15) is 9.59 Å². The first-order chi connectivity index (χ1) is 5.13. The van der Waals surface area contributed by atoms with Crippen molar-refractivity contribution in [3.8, 4) is 0 Å². The van der Waals surface area contributed by atoms with E-state index in [1.807, 2.05) is 13.8 Å². The third kappa shape index (κ3) is 3.16. The fourth-order valence-corrected chi connectivity index (χ4v) is 0.866. The first-order valence-corrected chi connectivity index (χ1v) is 3.75. The number of carbonyl (C=O) groups excluding carboxylic acids is 2. The summed E-state index contributed by atoms with van der Waals surface area (Å²) in [4.78, 5) is 21.0. The zero-order valence-corrected chi connectivity index (χ0v) is 7.16. The predicted molar refractivity (Wildman–Crippen MR) is 41.1 cm³/mol. The van der Waals surface area contributed by atoms with Gasteiger partial charge in [-0.05, 0) is 5.92 Å². The zero-order chi connectivity index (χ0) is 8.85. The summed E-state index contributed by atoms with van der Waals surface area (Å²) in [6.45, 7) is 5.79. The van der Waals surface area contributed by atoms with Crippen molar-refractivity contribution in [3.05, 3.63) is 0 Å². The van der Waals surface area contributed by atoms with Crippen molar-refractivity contribution in [2.75, 3.05) is 0 Å². The Morgan fingerprint density at radius 3 is 2.36 bits per heavy atom. The van der Waals surface area contributed by atoms with E-state index in [2.05, 4.69) is 4.74 Å². The molecule has 1 unspecified atom stereocenters. The van der Waals surface area contributed by atoms with Crippen molar-refractivity contribution < 1.29 is 14.3 Å². The van der Waals surface area contributed by atoms with Gasteiger partial charge in [0, 0.05) is 6.42 Å². The van der Waals surface area contributed by atoms with Crippen LogP contribution in [0.4, 0.5) is 0 Å². The van der Waals surface area contributed by atoms with Crippen molar-refractivity contribution in [2.45, 2.75) is 33.3 Å². The summed E-state index contributed by atoms with van der Waals surface area (Å²) >= 11 is 0. The Hall–Kier alpha value is -0.860. The zero-order valence-electron chi connectivity index (χ0n) is 7.16. The average molecular weight is 158 g/mol. The molecule has 0 rings (SSSR count). The first kappa shape index (κ1) is 10.1. The molecule has 0 radical (unpaired) electrons. The Balaban J connectivity index is 4.08. The van der Waals surface area contributed by atoms with Crippen LogP contribution in [0.2, 0.25) is 0 Å². The van der Waals surface area contributed by atoms with Crippen LogP contribution in [0.1, 0.15) is 27.2 Å². The standard InChI is InChI=1S/C8H14O3/c1-4-7(10)8(6(2)3)11-5-9/h5-6,8H,4H2,1-3H3. The third-order valence-corrected chi connectivity index (χ3v) is 1.47. The van der Waals surface area contributed by atoms with Crippen LogP contribution in [-0.2, 0) is 14.3 Å². The van der Waals surface area contributed by atoms with Gasteiger partial charge in [0.25, 0.3) is 6.47 Å². The normalized spacial score (nSPS) is 12.7.